The summed E-state index contributed by atoms with van der Waals surface area (Å²) in [4.78, 5) is 4.17. The van der Waals surface area contributed by atoms with Crippen LogP contribution in [0, 0.1) is 13.8 Å². The van der Waals surface area contributed by atoms with Crippen LogP contribution < -0.4 is 0 Å². The summed E-state index contributed by atoms with van der Waals surface area (Å²) in [6.07, 6.45) is 3.78. The number of nitrogens with zero attached hydrogens (tertiary/aromatic N) is 1. The summed E-state index contributed by atoms with van der Waals surface area (Å²) in [5.74, 6) is 2.35. The Morgan fingerprint density at radius 2 is 2.21 bits per heavy atom. The van der Waals surface area contributed by atoms with Gasteiger partial charge in [-0.1, -0.05) is 12.2 Å². The fraction of sp³-hybridized carbons (Fsp3) is 0.500. The highest BCUT2D eigenvalue weighted by Crippen LogP contribution is 2.10. The van der Waals surface area contributed by atoms with Gasteiger partial charge in [-0.3, -0.25) is 4.21 Å². The van der Waals surface area contributed by atoms with Crippen LogP contribution in [0.15, 0.2) is 16.6 Å². The fourth-order valence-corrected chi connectivity index (χ4v) is 1.92. The molecule has 14 heavy (non-hydrogen) atoms. The zero-order chi connectivity index (χ0) is 10.6. The molecule has 1 aromatic heterocycles. The molecule has 78 valence electrons. The summed E-state index contributed by atoms with van der Waals surface area (Å²) in [5, 5.41) is 0. The average molecular weight is 213 g/mol. The molecule has 0 amide bonds. The zero-order valence-electron chi connectivity index (χ0n) is 8.74. The Morgan fingerprint density at radius 3 is 2.71 bits per heavy atom. The van der Waals surface area contributed by atoms with Gasteiger partial charge < -0.3 is 4.42 Å². The molecule has 0 bridgehead atoms. The van der Waals surface area contributed by atoms with Crippen LogP contribution in [-0.2, 0) is 16.6 Å². The summed E-state index contributed by atoms with van der Waals surface area (Å²) in [5.41, 5.74) is 0.878. The van der Waals surface area contributed by atoms with E-state index in [1.807, 2.05) is 32.9 Å². The van der Waals surface area contributed by atoms with Gasteiger partial charge in [0.2, 0.25) is 5.89 Å². The SMILES string of the molecule is CC=CCS(=O)Cc1nc(C)c(C)o1. The van der Waals surface area contributed by atoms with E-state index in [1.54, 1.807) is 0 Å². The first-order valence-corrected chi connectivity index (χ1v) is 6.01. The van der Waals surface area contributed by atoms with Gasteiger partial charge in [-0.15, -0.1) is 0 Å². The van der Waals surface area contributed by atoms with Crippen molar-refractivity contribution in [2.24, 2.45) is 0 Å². The second-order valence-corrected chi connectivity index (χ2v) is 4.57. The van der Waals surface area contributed by atoms with E-state index < -0.39 is 10.8 Å². The molecule has 0 fully saturated rings. The summed E-state index contributed by atoms with van der Waals surface area (Å²) in [7, 11) is -0.909. The maximum atomic E-state index is 11.5. The summed E-state index contributed by atoms with van der Waals surface area (Å²) in [6.45, 7) is 5.66. The number of hydrogen-bond acceptors (Lipinski definition) is 3. The molecule has 0 radical (unpaired) electrons. The molecule has 1 unspecified atom stereocenters. The van der Waals surface area contributed by atoms with Crippen molar-refractivity contribution in [2.75, 3.05) is 5.75 Å². The van der Waals surface area contributed by atoms with Gasteiger partial charge in [-0.2, -0.15) is 0 Å². The number of rotatable bonds is 4. The second kappa shape index (κ2) is 5.10. The maximum absolute atomic E-state index is 11.5. The Kier molecular flexibility index (Phi) is 4.07. The van der Waals surface area contributed by atoms with Crippen LogP contribution in [0.2, 0.25) is 0 Å². The number of aryl methyl sites for hydroxylation is 2. The van der Waals surface area contributed by atoms with Gasteiger partial charge in [0, 0.05) is 16.6 Å². The summed E-state index contributed by atoms with van der Waals surface area (Å²) < 4.78 is 16.8. The quantitative estimate of drug-likeness (QED) is 0.719. The van der Waals surface area contributed by atoms with Crippen LogP contribution in [0.1, 0.15) is 24.3 Å². The molecule has 4 heteroatoms. The van der Waals surface area contributed by atoms with Crippen molar-refractivity contribution in [1.29, 1.82) is 0 Å². The lowest BCUT2D eigenvalue weighted by atomic mass is 10.4. The standard InChI is InChI=1S/C10H15NO2S/c1-4-5-6-14(12)7-10-11-8(2)9(3)13-10/h4-5H,6-7H2,1-3H3. The molecule has 0 saturated heterocycles. The normalized spacial score (nSPS) is 13.6. The molecule has 0 spiro atoms. The fourth-order valence-electron chi connectivity index (χ4n) is 1.00. The van der Waals surface area contributed by atoms with Crippen molar-refractivity contribution < 1.29 is 8.63 Å². The van der Waals surface area contributed by atoms with E-state index in [1.165, 1.54) is 0 Å². The molecule has 0 aliphatic heterocycles. The maximum Gasteiger partial charge on any atom is 0.207 e. The Labute approximate surface area is 86.7 Å². The van der Waals surface area contributed by atoms with Crippen LogP contribution in [0.5, 0.6) is 0 Å². The predicted molar refractivity (Wildman–Crippen MR) is 57.5 cm³/mol. The molecular formula is C10H15NO2S. The van der Waals surface area contributed by atoms with Crippen molar-refractivity contribution in [3.63, 3.8) is 0 Å². The lowest BCUT2D eigenvalue weighted by Gasteiger charge is -1.93. The number of oxazole rings is 1. The highest BCUT2D eigenvalue weighted by molar-refractivity contribution is 7.84. The minimum atomic E-state index is -0.909. The first-order chi connectivity index (χ1) is 6.63. The lowest BCUT2D eigenvalue weighted by Crippen LogP contribution is -1.98. The van der Waals surface area contributed by atoms with Gasteiger partial charge in [0.15, 0.2) is 0 Å². The third-order valence-corrected chi connectivity index (χ3v) is 3.01. The van der Waals surface area contributed by atoms with Gasteiger partial charge >= 0.3 is 0 Å². The molecule has 0 saturated carbocycles. The summed E-state index contributed by atoms with van der Waals surface area (Å²) in [6, 6.07) is 0. The molecule has 0 aromatic carbocycles. The average Bonchev–Trinajstić information content (AvgIpc) is 2.42. The number of aromatic nitrogens is 1. The molecule has 0 N–H and O–H groups in total. The van der Waals surface area contributed by atoms with Crippen molar-refractivity contribution in [2.45, 2.75) is 26.5 Å². The minimum Gasteiger partial charge on any atom is -0.445 e. The highest BCUT2D eigenvalue weighted by atomic mass is 32.2. The van der Waals surface area contributed by atoms with Gasteiger partial charge in [0.25, 0.3) is 0 Å². The van der Waals surface area contributed by atoms with E-state index >= 15 is 0 Å². The van der Waals surface area contributed by atoms with Crippen molar-refractivity contribution >= 4 is 10.8 Å². The third-order valence-electron chi connectivity index (χ3n) is 1.88. The predicted octanol–water partition coefficient (Wildman–Crippen LogP) is 2.12. The number of hydrogen-bond donors (Lipinski definition) is 0. The third kappa shape index (κ3) is 3.10. The van der Waals surface area contributed by atoms with Crippen molar-refractivity contribution in [1.82, 2.24) is 4.98 Å². The molecule has 0 aliphatic rings. The summed E-state index contributed by atoms with van der Waals surface area (Å²) >= 11 is 0. The molecule has 0 aliphatic carbocycles. The van der Waals surface area contributed by atoms with Crippen LogP contribution in [0.25, 0.3) is 0 Å². The molecule has 1 aromatic rings. The Bertz CT molecular complexity index is 336. The monoisotopic (exact) mass is 213 g/mol. The molecule has 1 atom stereocenters. The molecule has 1 rings (SSSR count). The van der Waals surface area contributed by atoms with E-state index in [2.05, 4.69) is 4.98 Å². The lowest BCUT2D eigenvalue weighted by molar-refractivity contribution is 0.488. The minimum absolute atomic E-state index is 0.402. The van der Waals surface area contributed by atoms with Crippen LogP contribution in [0.3, 0.4) is 0 Å². The number of allylic oxidation sites excluding steroid dienone is 1. The van der Waals surface area contributed by atoms with E-state index in [9.17, 15) is 4.21 Å². The first kappa shape index (κ1) is 11.2. The van der Waals surface area contributed by atoms with Gasteiger partial charge in [0.05, 0.1) is 5.69 Å². The Morgan fingerprint density at radius 1 is 1.50 bits per heavy atom. The Balaban J connectivity index is 2.56. The molecular weight excluding hydrogens is 198 g/mol. The van der Waals surface area contributed by atoms with E-state index in [4.69, 9.17) is 4.42 Å². The molecule has 3 nitrogen and oxygen atoms in total. The first-order valence-electron chi connectivity index (χ1n) is 4.52. The van der Waals surface area contributed by atoms with Gasteiger partial charge in [0.1, 0.15) is 11.5 Å². The van der Waals surface area contributed by atoms with Crippen LogP contribution in [0.4, 0.5) is 0 Å². The largest absolute Gasteiger partial charge is 0.445 e. The van der Waals surface area contributed by atoms with E-state index in [0.29, 0.717) is 17.4 Å². The zero-order valence-corrected chi connectivity index (χ0v) is 9.56. The Hall–Kier alpha value is -0.900. The van der Waals surface area contributed by atoms with E-state index in [-0.39, 0.29) is 0 Å². The van der Waals surface area contributed by atoms with E-state index in [0.717, 1.165) is 11.5 Å². The smallest absolute Gasteiger partial charge is 0.207 e. The highest BCUT2D eigenvalue weighted by Gasteiger charge is 2.08. The molecule has 1 heterocycles. The van der Waals surface area contributed by atoms with Crippen molar-refractivity contribution in [3.8, 4) is 0 Å². The topological polar surface area (TPSA) is 43.1 Å². The van der Waals surface area contributed by atoms with Crippen molar-refractivity contribution in [3.05, 3.63) is 29.5 Å². The van der Waals surface area contributed by atoms with Gasteiger partial charge in [-0.05, 0) is 20.8 Å². The van der Waals surface area contributed by atoms with Crippen LogP contribution >= 0.6 is 0 Å². The second-order valence-electron chi connectivity index (χ2n) is 3.07. The van der Waals surface area contributed by atoms with Crippen LogP contribution in [-0.4, -0.2) is 14.9 Å². The van der Waals surface area contributed by atoms with Gasteiger partial charge in [-0.25, -0.2) is 4.98 Å².